The Balaban J connectivity index is 1.67. The number of nitrogens with two attached hydrogens (primary N) is 1. The lowest BCUT2D eigenvalue weighted by molar-refractivity contribution is -0.126. The van der Waals surface area contributed by atoms with Gasteiger partial charge in [-0.25, -0.2) is 4.79 Å². The van der Waals surface area contributed by atoms with Gasteiger partial charge in [-0.05, 0) is 25.2 Å². The van der Waals surface area contributed by atoms with Crippen molar-refractivity contribution >= 4 is 11.9 Å². The Hall–Kier alpha value is -1.26. The zero-order chi connectivity index (χ0) is 14.4. The van der Waals surface area contributed by atoms with Gasteiger partial charge in [0.25, 0.3) is 0 Å². The summed E-state index contributed by atoms with van der Waals surface area (Å²) in [4.78, 5) is 24.9. The molecule has 2 aliphatic rings. The number of hydrogen-bond donors (Lipinski definition) is 2. The van der Waals surface area contributed by atoms with Gasteiger partial charge in [-0.3, -0.25) is 4.79 Å². The molecule has 5 nitrogen and oxygen atoms in total. The van der Waals surface area contributed by atoms with Gasteiger partial charge < -0.3 is 16.0 Å². The van der Waals surface area contributed by atoms with E-state index in [1.54, 1.807) is 4.90 Å². The topological polar surface area (TPSA) is 75.4 Å². The molecule has 3 N–H and O–H groups in total. The Bertz CT molecular complexity index is 340. The lowest BCUT2D eigenvalue weighted by Gasteiger charge is -2.30. The number of nitrogens with zero attached hydrogens (tertiary/aromatic N) is 1. The number of primary amides is 1. The van der Waals surface area contributed by atoms with E-state index < -0.39 is 6.03 Å². The molecule has 0 aromatic carbocycles. The lowest BCUT2D eigenvalue weighted by atomic mass is 9.87. The third kappa shape index (κ3) is 4.39. The fourth-order valence-corrected chi connectivity index (χ4v) is 3.41. The molecule has 0 unspecified atom stereocenters. The molecular formula is C15H27N3O2. The monoisotopic (exact) mass is 281 g/mol. The fourth-order valence-electron chi connectivity index (χ4n) is 3.41. The third-order valence-corrected chi connectivity index (χ3v) is 4.68. The van der Waals surface area contributed by atoms with Crippen LogP contribution < -0.4 is 11.1 Å². The minimum Gasteiger partial charge on any atom is -0.356 e. The Morgan fingerprint density at radius 3 is 2.55 bits per heavy atom. The van der Waals surface area contributed by atoms with E-state index in [9.17, 15) is 9.59 Å². The summed E-state index contributed by atoms with van der Waals surface area (Å²) in [6.45, 7) is 1.93. The van der Waals surface area contributed by atoms with Crippen molar-refractivity contribution in [2.45, 2.75) is 51.4 Å². The van der Waals surface area contributed by atoms with Crippen LogP contribution in [0.2, 0.25) is 0 Å². The van der Waals surface area contributed by atoms with Gasteiger partial charge in [0.15, 0.2) is 0 Å². The van der Waals surface area contributed by atoms with E-state index in [-0.39, 0.29) is 11.8 Å². The molecule has 0 radical (unpaired) electrons. The predicted molar refractivity (Wildman–Crippen MR) is 78.1 cm³/mol. The number of urea groups is 1. The van der Waals surface area contributed by atoms with E-state index >= 15 is 0 Å². The molecule has 2 fully saturated rings. The molecule has 0 aromatic rings. The van der Waals surface area contributed by atoms with Crippen LogP contribution in [0.3, 0.4) is 0 Å². The highest BCUT2D eigenvalue weighted by Gasteiger charge is 2.27. The van der Waals surface area contributed by atoms with E-state index in [0.717, 1.165) is 31.7 Å². The molecule has 1 aliphatic heterocycles. The van der Waals surface area contributed by atoms with Crippen LogP contribution in [0.25, 0.3) is 0 Å². The van der Waals surface area contributed by atoms with Crippen molar-refractivity contribution in [3.05, 3.63) is 0 Å². The van der Waals surface area contributed by atoms with Crippen molar-refractivity contribution in [3.63, 3.8) is 0 Å². The zero-order valence-electron chi connectivity index (χ0n) is 12.3. The molecular weight excluding hydrogens is 254 g/mol. The van der Waals surface area contributed by atoms with Crippen molar-refractivity contribution in [2.24, 2.45) is 17.6 Å². The number of likely N-dealkylation sites (tertiary alicyclic amines) is 1. The van der Waals surface area contributed by atoms with Crippen LogP contribution in [-0.2, 0) is 4.79 Å². The largest absolute Gasteiger partial charge is 0.356 e. The molecule has 3 amide bonds. The first-order chi connectivity index (χ1) is 9.66. The molecule has 0 bridgehead atoms. The lowest BCUT2D eigenvalue weighted by Crippen LogP contribution is -2.47. The van der Waals surface area contributed by atoms with Gasteiger partial charge in [0.2, 0.25) is 5.91 Å². The zero-order valence-corrected chi connectivity index (χ0v) is 12.3. The number of carbonyl (C=O) groups is 2. The summed E-state index contributed by atoms with van der Waals surface area (Å²) in [5.41, 5.74) is 5.28. The summed E-state index contributed by atoms with van der Waals surface area (Å²) in [6.07, 6.45) is 9.50. The second-order valence-corrected chi connectivity index (χ2v) is 6.21. The summed E-state index contributed by atoms with van der Waals surface area (Å²) in [5, 5.41) is 3.04. The molecule has 2 rings (SSSR count). The van der Waals surface area contributed by atoms with Gasteiger partial charge in [0.05, 0.1) is 5.92 Å². The minimum atomic E-state index is -0.412. The Morgan fingerprint density at radius 2 is 1.85 bits per heavy atom. The van der Waals surface area contributed by atoms with E-state index in [2.05, 4.69) is 5.32 Å². The molecule has 1 aliphatic carbocycles. The second kappa shape index (κ2) is 7.50. The maximum atomic E-state index is 12.1. The quantitative estimate of drug-likeness (QED) is 0.825. The van der Waals surface area contributed by atoms with Gasteiger partial charge in [-0.2, -0.15) is 0 Å². The molecule has 1 atom stereocenters. The predicted octanol–water partition coefficient (Wildman–Crippen LogP) is 1.86. The maximum absolute atomic E-state index is 12.1. The average Bonchev–Trinajstić information content (AvgIpc) is 2.48. The van der Waals surface area contributed by atoms with Crippen LogP contribution in [0.4, 0.5) is 4.79 Å². The molecule has 1 heterocycles. The van der Waals surface area contributed by atoms with Gasteiger partial charge in [-0.15, -0.1) is 0 Å². The molecule has 5 heteroatoms. The second-order valence-electron chi connectivity index (χ2n) is 6.21. The van der Waals surface area contributed by atoms with Crippen LogP contribution in [0, 0.1) is 11.8 Å². The van der Waals surface area contributed by atoms with Gasteiger partial charge in [0.1, 0.15) is 0 Å². The molecule has 0 aromatic heterocycles. The summed E-state index contributed by atoms with van der Waals surface area (Å²) in [7, 11) is 0. The summed E-state index contributed by atoms with van der Waals surface area (Å²) in [6, 6.07) is -0.412. The molecule has 20 heavy (non-hydrogen) atoms. The number of piperidine rings is 1. The van der Waals surface area contributed by atoms with Crippen LogP contribution in [-0.4, -0.2) is 36.5 Å². The first-order valence-corrected chi connectivity index (χ1v) is 7.99. The fraction of sp³-hybridized carbons (Fsp3) is 0.867. The molecule has 114 valence electrons. The number of rotatable bonds is 4. The van der Waals surface area contributed by atoms with E-state index in [1.165, 1.54) is 32.1 Å². The van der Waals surface area contributed by atoms with Crippen LogP contribution in [0.5, 0.6) is 0 Å². The first kappa shape index (κ1) is 15.1. The average molecular weight is 281 g/mol. The van der Waals surface area contributed by atoms with E-state index in [4.69, 9.17) is 5.73 Å². The Kier molecular flexibility index (Phi) is 5.68. The van der Waals surface area contributed by atoms with Crippen molar-refractivity contribution < 1.29 is 9.59 Å². The van der Waals surface area contributed by atoms with Crippen molar-refractivity contribution in [1.82, 2.24) is 10.2 Å². The molecule has 1 saturated heterocycles. The number of nitrogens with one attached hydrogen (secondary N) is 1. The van der Waals surface area contributed by atoms with Crippen LogP contribution in [0.15, 0.2) is 0 Å². The SMILES string of the molecule is NC(=O)N1CCC[C@H](C(=O)NCCC2CCCCC2)C1. The smallest absolute Gasteiger partial charge is 0.314 e. The Morgan fingerprint density at radius 1 is 1.10 bits per heavy atom. The van der Waals surface area contributed by atoms with Crippen LogP contribution >= 0.6 is 0 Å². The summed E-state index contributed by atoms with van der Waals surface area (Å²) < 4.78 is 0. The highest BCUT2D eigenvalue weighted by molar-refractivity contribution is 5.80. The van der Waals surface area contributed by atoms with Crippen molar-refractivity contribution in [2.75, 3.05) is 19.6 Å². The van der Waals surface area contributed by atoms with Crippen LogP contribution in [0.1, 0.15) is 51.4 Å². The third-order valence-electron chi connectivity index (χ3n) is 4.68. The molecule has 0 spiro atoms. The normalized spacial score (nSPS) is 24.4. The van der Waals surface area contributed by atoms with Crippen molar-refractivity contribution in [3.8, 4) is 0 Å². The van der Waals surface area contributed by atoms with Gasteiger partial charge in [0, 0.05) is 19.6 Å². The standard InChI is InChI=1S/C15H27N3O2/c16-15(20)18-10-4-7-13(11-18)14(19)17-9-8-12-5-2-1-3-6-12/h12-13H,1-11H2,(H2,16,20)(H,17,19)/t13-/m0/s1. The summed E-state index contributed by atoms with van der Waals surface area (Å²) >= 11 is 0. The molecule has 1 saturated carbocycles. The number of carbonyl (C=O) groups excluding carboxylic acids is 2. The highest BCUT2D eigenvalue weighted by Crippen LogP contribution is 2.25. The van der Waals surface area contributed by atoms with Crippen molar-refractivity contribution in [1.29, 1.82) is 0 Å². The Labute approximate surface area is 121 Å². The number of hydrogen-bond acceptors (Lipinski definition) is 2. The number of amides is 3. The van der Waals surface area contributed by atoms with E-state index in [1.807, 2.05) is 0 Å². The van der Waals surface area contributed by atoms with E-state index in [0.29, 0.717) is 13.1 Å². The minimum absolute atomic E-state index is 0.0809. The maximum Gasteiger partial charge on any atom is 0.314 e. The van der Waals surface area contributed by atoms with Gasteiger partial charge >= 0.3 is 6.03 Å². The van der Waals surface area contributed by atoms with Gasteiger partial charge in [-0.1, -0.05) is 32.1 Å². The first-order valence-electron chi connectivity index (χ1n) is 7.99. The highest BCUT2D eigenvalue weighted by atomic mass is 16.2. The summed E-state index contributed by atoms with van der Waals surface area (Å²) in [5.74, 6) is 0.798.